The van der Waals surface area contributed by atoms with E-state index >= 15 is 0 Å². The topological polar surface area (TPSA) is 41.5 Å². The Labute approximate surface area is 97.4 Å². The zero-order valence-corrected chi connectivity index (χ0v) is 10.5. The van der Waals surface area contributed by atoms with E-state index in [2.05, 4.69) is 5.32 Å². The van der Waals surface area contributed by atoms with Gasteiger partial charge in [-0.1, -0.05) is 13.0 Å². The van der Waals surface area contributed by atoms with Gasteiger partial charge in [-0.3, -0.25) is 0 Å². The largest absolute Gasteiger partial charge is 0.496 e. The van der Waals surface area contributed by atoms with E-state index in [9.17, 15) is 5.11 Å². The summed E-state index contributed by atoms with van der Waals surface area (Å²) in [7, 11) is 1.65. The fourth-order valence-corrected chi connectivity index (χ4v) is 1.68. The van der Waals surface area contributed by atoms with Crippen LogP contribution in [0.4, 0.5) is 0 Å². The van der Waals surface area contributed by atoms with Gasteiger partial charge in [0.05, 0.1) is 12.7 Å². The minimum Gasteiger partial charge on any atom is -0.496 e. The number of ether oxygens (including phenoxy) is 1. The fraction of sp³-hybridized carbons (Fsp3) is 0.538. The Bertz CT molecular complexity index is 348. The van der Waals surface area contributed by atoms with Crippen molar-refractivity contribution in [2.75, 3.05) is 20.2 Å². The fourth-order valence-electron chi connectivity index (χ4n) is 1.68. The Kier molecular flexibility index (Phi) is 4.33. The molecule has 0 heterocycles. The molecule has 1 unspecified atom stereocenters. The van der Waals surface area contributed by atoms with E-state index in [1.54, 1.807) is 7.11 Å². The summed E-state index contributed by atoms with van der Waals surface area (Å²) < 4.78 is 5.20. The number of likely N-dealkylation sites (N-methyl/N-ethyl adjacent to an activating group) is 1. The van der Waals surface area contributed by atoms with Gasteiger partial charge in [-0.05, 0) is 43.7 Å². The molecule has 3 heteroatoms. The molecule has 0 aliphatic heterocycles. The van der Waals surface area contributed by atoms with Crippen LogP contribution in [0.15, 0.2) is 18.2 Å². The van der Waals surface area contributed by atoms with Gasteiger partial charge < -0.3 is 15.2 Å². The van der Waals surface area contributed by atoms with Gasteiger partial charge in [0.15, 0.2) is 0 Å². The normalized spacial score (nSPS) is 14.6. The van der Waals surface area contributed by atoms with Crippen LogP contribution in [0.3, 0.4) is 0 Å². The van der Waals surface area contributed by atoms with E-state index in [0.717, 1.165) is 23.4 Å². The van der Waals surface area contributed by atoms with Gasteiger partial charge in [0.25, 0.3) is 0 Å². The first-order valence-electron chi connectivity index (χ1n) is 5.59. The van der Waals surface area contributed by atoms with Gasteiger partial charge >= 0.3 is 0 Å². The van der Waals surface area contributed by atoms with Crippen LogP contribution in [-0.2, 0) is 5.60 Å². The molecule has 0 amide bonds. The molecule has 2 N–H and O–H groups in total. The van der Waals surface area contributed by atoms with Crippen molar-refractivity contribution in [3.05, 3.63) is 29.3 Å². The third-order valence-electron chi connectivity index (χ3n) is 2.74. The Morgan fingerprint density at radius 3 is 2.62 bits per heavy atom. The molecule has 0 saturated carbocycles. The highest BCUT2D eigenvalue weighted by Gasteiger charge is 2.22. The second kappa shape index (κ2) is 5.32. The molecule has 1 rings (SSSR count). The number of aliphatic hydroxyl groups is 1. The van der Waals surface area contributed by atoms with E-state index in [4.69, 9.17) is 4.74 Å². The van der Waals surface area contributed by atoms with Crippen molar-refractivity contribution in [3.63, 3.8) is 0 Å². The van der Waals surface area contributed by atoms with E-state index < -0.39 is 5.60 Å². The van der Waals surface area contributed by atoms with Crippen LogP contribution < -0.4 is 10.1 Å². The summed E-state index contributed by atoms with van der Waals surface area (Å²) in [5, 5.41) is 13.5. The SMILES string of the molecule is CCNCC(C)(O)c1ccc(OC)c(C)c1. The quantitative estimate of drug-likeness (QED) is 0.800. The second-order valence-electron chi connectivity index (χ2n) is 4.24. The maximum Gasteiger partial charge on any atom is 0.121 e. The Morgan fingerprint density at radius 1 is 1.44 bits per heavy atom. The van der Waals surface area contributed by atoms with Crippen molar-refractivity contribution in [2.24, 2.45) is 0 Å². The average molecular weight is 223 g/mol. The number of benzene rings is 1. The molecule has 0 fully saturated rings. The minimum atomic E-state index is -0.840. The summed E-state index contributed by atoms with van der Waals surface area (Å²) in [6.45, 7) is 7.22. The smallest absolute Gasteiger partial charge is 0.121 e. The lowest BCUT2D eigenvalue weighted by Crippen LogP contribution is -2.35. The van der Waals surface area contributed by atoms with Crippen LogP contribution in [0, 0.1) is 6.92 Å². The summed E-state index contributed by atoms with van der Waals surface area (Å²) in [6, 6.07) is 5.77. The van der Waals surface area contributed by atoms with Crippen molar-refractivity contribution in [2.45, 2.75) is 26.4 Å². The van der Waals surface area contributed by atoms with E-state index in [1.165, 1.54) is 0 Å². The zero-order valence-electron chi connectivity index (χ0n) is 10.5. The lowest BCUT2D eigenvalue weighted by molar-refractivity contribution is 0.0575. The highest BCUT2D eigenvalue weighted by atomic mass is 16.5. The van der Waals surface area contributed by atoms with Crippen LogP contribution in [0.25, 0.3) is 0 Å². The Hall–Kier alpha value is -1.06. The van der Waals surface area contributed by atoms with Gasteiger partial charge in [0, 0.05) is 6.54 Å². The molecule has 0 spiro atoms. The van der Waals surface area contributed by atoms with Crippen LogP contribution in [0.5, 0.6) is 5.75 Å². The molecule has 16 heavy (non-hydrogen) atoms. The Morgan fingerprint density at radius 2 is 2.12 bits per heavy atom. The highest BCUT2D eigenvalue weighted by molar-refractivity contribution is 5.38. The highest BCUT2D eigenvalue weighted by Crippen LogP contribution is 2.25. The van der Waals surface area contributed by atoms with Crippen LogP contribution in [0.1, 0.15) is 25.0 Å². The van der Waals surface area contributed by atoms with E-state index in [1.807, 2.05) is 39.0 Å². The van der Waals surface area contributed by atoms with Gasteiger partial charge in [-0.25, -0.2) is 0 Å². The van der Waals surface area contributed by atoms with Gasteiger partial charge in [-0.15, -0.1) is 0 Å². The molecule has 0 aromatic heterocycles. The second-order valence-corrected chi connectivity index (χ2v) is 4.24. The molecule has 0 saturated heterocycles. The molecule has 3 nitrogen and oxygen atoms in total. The molecular formula is C13H21NO2. The first-order valence-corrected chi connectivity index (χ1v) is 5.59. The molecule has 1 aromatic rings. The number of aryl methyl sites for hydroxylation is 1. The number of hydrogen-bond acceptors (Lipinski definition) is 3. The zero-order chi connectivity index (χ0) is 12.2. The van der Waals surface area contributed by atoms with Gasteiger partial charge in [0.2, 0.25) is 0 Å². The molecule has 1 atom stereocenters. The molecule has 1 aromatic carbocycles. The van der Waals surface area contributed by atoms with Gasteiger partial charge in [0.1, 0.15) is 5.75 Å². The average Bonchev–Trinajstić information content (AvgIpc) is 2.26. The van der Waals surface area contributed by atoms with Crippen molar-refractivity contribution in [1.82, 2.24) is 5.32 Å². The number of nitrogens with one attached hydrogen (secondary N) is 1. The van der Waals surface area contributed by atoms with Crippen molar-refractivity contribution < 1.29 is 9.84 Å². The third-order valence-corrected chi connectivity index (χ3v) is 2.74. The minimum absolute atomic E-state index is 0.551. The predicted octanol–water partition coefficient (Wildman–Crippen LogP) is 1.82. The van der Waals surface area contributed by atoms with Crippen LogP contribution in [0.2, 0.25) is 0 Å². The summed E-state index contributed by atoms with van der Waals surface area (Å²) in [6.07, 6.45) is 0. The molecule has 0 bridgehead atoms. The molecule has 0 radical (unpaired) electrons. The van der Waals surface area contributed by atoms with Crippen molar-refractivity contribution >= 4 is 0 Å². The monoisotopic (exact) mass is 223 g/mol. The molecule has 0 aliphatic rings. The summed E-state index contributed by atoms with van der Waals surface area (Å²) >= 11 is 0. The molecule has 90 valence electrons. The lowest BCUT2D eigenvalue weighted by atomic mass is 9.94. The van der Waals surface area contributed by atoms with E-state index in [0.29, 0.717) is 6.54 Å². The number of hydrogen-bond donors (Lipinski definition) is 2. The van der Waals surface area contributed by atoms with E-state index in [-0.39, 0.29) is 0 Å². The third kappa shape index (κ3) is 2.97. The van der Waals surface area contributed by atoms with Gasteiger partial charge in [-0.2, -0.15) is 0 Å². The number of methoxy groups -OCH3 is 1. The van der Waals surface area contributed by atoms with Crippen LogP contribution in [-0.4, -0.2) is 25.3 Å². The van der Waals surface area contributed by atoms with Crippen LogP contribution >= 0.6 is 0 Å². The number of rotatable bonds is 5. The molecule has 0 aliphatic carbocycles. The first-order chi connectivity index (χ1) is 7.51. The lowest BCUT2D eigenvalue weighted by Gasteiger charge is -2.25. The summed E-state index contributed by atoms with van der Waals surface area (Å²) in [5.74, 6) is 0.850. The molecular weight excluding hydrogens is 202 g/mol. The van der Waals surface area contributed by atoms with Crippen molar-refractivity contribution in [1.29, 1.82) is 0 Å². The summed E-state index contributed by atoms with van der Waals surface area (Å²) in [4.78, 5) is 0. The Balaban J connectivity index is 2.91. The maximum absolute atomic E-state index is 10.3. The predicted molar refractivity (Wildman–Crippen MR) is 65.8 cm³/mol. The maximum atomic E-state index is 10.3. The first kappa shape index (κ1) is 13.0. The summed E-state index contributed by atoms with van der Waals surface area (Å²) in [5.41, 5.74) is 1.11. The standard InChI is InChI=1S/C13H21NO2/c1-5-14-9-13(3,15)11-6-7-12(16-4)10(2)8-11/h6-8,14-15H,5,9H2,1-4H3. The van der Waals surface area contributed by atoms with Crippen molar-refractivity contribution in [3.8, 4) is 5.75 Å².